The zero-order valence-electron chi connectivity index (χ0n) is 14.4. The Morgan fingerprint density at radius 1 is 1.00 bits per heavy atom. The molecule has 0 aliphatic carbocycles. The molecule has 3 aromatic rings. The maximum Gasteiger partial charge on any atom is 0.187 e. The average molecular weight is 423 g/mol. The second kappa shape index (κ2) is 8.17. The lowest BCUT2D eigenvalue weighted by atomic mass is 10.1. The summed E-state index contributed by atoms with van der Waals surface area (Å²) in [5.74, 6) is 0.847. The molecule has 2 aromatic carbocycles. The van der Waals surface area contributed by atoms with E-state index in [0.29, 0.717) is 38.2 Å². The molecule has 1 aromatic heterocycles. The number of halogens is 3. The Balaban J connectivity index is 1.98. The standard InChI is InChI=1S/C20H14Cl3NO3/c1-26-18-8-12-7-11(20(23)24-16(12)10-19(18)27-2)3-6-17(25)14-9-13(21)4-5-15(14)22/h3-10H,1-2H3/b6-3+. The summed E-state index contributed by atoms with van der Waals surface area (Å²) in [6, 6.07) is 10.1. The van der Waals surface area contributed by atoms with E-state index in [1.54, 1.807) is 44.6 Å². The minimum atomic E-state index is -0.286. The van der Waals surface area contributed by atoms with Crippen LogP contribution in [0.1, 0.15) is 15.9 Å². The molecule has 0 bridgehead atoms. The lowest BCUT2D eigenvalue weighted by molar-refractivity contribution is 0.104. The maximum atomic E-state index is 12.4. The SMILES string of the molecule is COc1cc2cc(/C=C/C(=O)c3cc(Cl)ccc3Cl)c(Cl)nc2cc1OC. The molecule has 0 N–H and O–H groups in total. The van der Waals surface area contributed by atoms with Gasteiger partial charge >= 0.3 is 0 Å². The van der Waals surface area contributed by atoms with Gasteiger partial charge in [-0.3, -0.25) is 4.79 Å². The van der Waals surface area contributed by atoms with Gasteiger partial charge in [-0.1, -0.05) is 34.8 Å². The molecule has 0 saturated heterocycles. The summed E-state index contributed by atoms with van der Waals surface area (Å²) in [4.78, 5) is 16.8. The molecule has 138 valence electrons. The van der Waals surface area contributed by atoms with Crippen LogP contribution in [-0.4, -0.2) is 25.0 Å². The highest BCUT2D eigenvalue weighted by Gasteiger charge is 2.11. The Morgan fingerprint density at radius 3 is 2.41 bits per heavy atom. The van der Waals surface area contributed by atoms with E-state index in [-0.39, 0.29) is 10.9 Å². The third-order valence-corrected chi connectivity index (χ3v) is 4.78. The van der Waals surface area contributed by atoms with Crippen molar-refractivity contribution in [1.82, 2.24) is 4.98 Å². The van der Waals surface area contributed by atoms with Crippen molar-refractivity contribution in [3.8, 4) is 11.5 Å². The molecule has 1 heterocycles. The van der Waals surface area contributed by atoms with Crippen LogP contribution >= 0.6 is 34.8 Å². The van der Waals surface area contributed by atoms with Crippen molar-refractivity contribution >= 4 is 57.6 Å². The second-order valence-electron chi connectivity index (χ2n) is 5.59. The summed E-state index contributed by atoms with van der Waals surface area (Å²) in [6.45, 7) is 0. The monoisotopic (exact) mass is 421 g/mol. The Labute approximate surface area is 171 Å². The summed E-state index contributed by atoms with van der Waals surface area (Å²) in [7, 11) is 3.11. The predicted molar refractivity (Wildman–Crippen MR) is 110 cm³/mol. The van der Waals surface area contributed by atoms with E-state index in [4.69, 9.17) is 44.3 Å². The number of carbonyl (C=O) groups is 1. The highest BCUT2D eigenvalue weighted by molar-refractivity contribution is 6.36. The van der Waals surface area contributed by atoms with E-state index < -0.39 is 0 Å². The van der Waals surface area contributed by atoms with Gasteiger partial charge in [-0.25, -0.2) is 4.98 Å². The van der Waals surface area contributed by atoms with Gasteiger partial charge in [0.1, 0.15) is 5.15 Å². The van der Waals surface area contributed by atoms with Gasteiger partial charge in [0.05, 0.1) is 24.8 Å². The van der Waals surface area contributed by atoms with Crippen LogP contribution in [0.15, 0.2) is 42.5 Å². The first-order chi connectivity index (χ1) is 12.9. The summed E-state index contributed by atoms with van der Waals surface area (Å²) in [5.41, 5.74) is 1.55. The third-order valence-electron chi connectivity index (χ3n) is 3.91. The van der Waals surface area contributed by atoms with Crippen LogP contribution in [0.5, 0.6) is 11.5 Å². The number of carbonyl (C=O) groups excluding carboxylic acids is 1. The number of methoxy groups -OCH3 is 2. The molecule has 27 heavy (non-hydrogen) atoms. The van der Waals surface area contributed by atoms with Gasteiger partial charge in [0.15, 0.2) is 17.3 Å². The van der Waals surface area contributed by atoms with Crippen molar-refractivity contribution < 1.29 is 14.3 Å². The van der Waals surface area contributed by atoms with Crippen LogP contribution < -0.4 is 9.47 Å². The highest BCUT2D eigenvalue weighted by atomic mass is 35.5. The highest BCUT2D eigenvalue weighted by Crippen LogP contribution is 2.33. The van der Waals surface area contributed by atoms with Crippen LogP contribution in [0, 0.1) is 0 Å². The average Bonchev–Trinajstić information content (AvgIpc) is 2.66. The Bertz CT molecular complexity index is 1060. The quantitative estimate of drug-likeness (QED) is 0.283. The molecule has 7 heteroatoms. The van der Waals surface area contributed by atoms with Crippen molar-refractivity contribution in [1.29, 1.82) is 0 Å². The summed E-state index contributed by atoms with van der Waals surface area (Å²) in [5, 5.41) is 1.82. The number of allylic oxidation sites excluding steroid dienone is 1. The number of hydrogen-bond acceptors (Lipinski definition) is 4. The number of pyridine rings is 1. The van der Waals surface area contributed by atoms with Crippen molar-refractivity contribution in [2.24, 2.45) is 0 Å². The molecule has 0 atom stereocenters. The van der Waals surface area contributed by atoms with E-state index >= 15 is 0 Å². The van der Waals surface area contributed by atoms with Crippen LogP contribution in [0.2, 0.25) is 15.2 Å². The molecule has 0 saturated carbocycles. The largest absolute Gasteiger partial charge is 0.493 e. The zero-order chi connectivity index (χ0) is 19.6. The lowest BCUT2D eigenvalue weighted by Gasteiger charge is -2.10. The minimum Gasteiger partial charge on any atom is -0.493 e. The molecular weight excluding hydrogens is 409 g/mol. The number of benzene rings is 2. The van der Waals surface area contributed by atoms with Crippen molar-refractivity contribution in [3.05, 3.63) is 68.8 Å². The van der Waals surface area contributed by atoms with Crippen molar-refractivity contribution in [2.45, 2.75) is 0 Å². The Kier molecular flexibility index (Phi) is 5.90. The Hall–Kier alpha value is -2.27. The Morgan fingerprint density at radius 2 is 1.70 bits per heavy atom. The van der Waals surface area contributed by atoms with Gasteiger partial charge in [-0.2, -0.15) is 0 Å². The number of hydrogen-bond donors (Lipinski definition) is 0. The summed E-state index contributed by atoms with van der Waals surface area (Å²) in [6.07, 6.45) is 2.97. The van der Waals surface area contributed by atoms with Gasteiger partial charge in [-0.15, -0.1) is 0 Å². The first-order valence-electron chi connectivity index (χ1n) is 7.82. The number of ether oxygens (including phenoxy) is 2. The maximum absolute atomic E-state index is 12.4. The molecule has 0 aliphatic heterocycles. The number of nitrogens with zero attached hydrogens (tertiary/aromatic N) is 1. The fourth-order valence-corrected chi connectivity index (χ4v) is 3.14. The molecule has 0 unspecified atom stereocenters. The minimum absolute atomic E-state index is 0.260. The van der Waals surface area contributed by atoms with E-state index in [2.05, 4.69) is 4.98 Å². The number of rotatable bonds is 5. The zero-order valence-corrected chi connectivity index (χ0v) is 16.7. The normalized spacial score (nSPS) is 11.1. The molecule has 0 aliphatic rings. The van der Waals surface area contributed by atoms with Gasteiger partial charge in [0.25, 0.3) is 0 Å². The van der Waals surface area contributed by atoms with Gasteiger partial charge in [-0.05, 0) is 42.5 Å². The van der Waals surface area contributed by atoms with E-state index in [1.165, 1.54) is 12.1 Å². The number of ketones is 1. The van der Waals surface area contributed by atoms with E-state index in [1.807, 2.05) is 6.07 Å². The summed E-state index contributed by atoms with van der Waals surface area (Å²) >= 11 is 18.3. The molecule has 0 spiro atoms. The fraction of sp³-hybridized carbons (Fsp3) is 0.100. The third kappa shape index (κ3) is 4.19. The first-order valence-corrected chi connectivity index (χ1v) is 8.96. The summed E-state index contributed by atoms with van der Waals surface area (Å²) < 4.78 is 10.6. The van der Waals surface area contributed by atoms with Crippen LogP contribution in [-0.2, 0) is 0 Å². The fourth-order valence-electron chi connectivity index (χ4n) is 2.55. The smallest absolute Gasteiger partial charge is 0.187 e. The number of aromatic nitrogens is 1. The molecule has 0 fully saturated rings. The van der Waals surface area contributed by atoms with Gasteiger partial charge in [0.2, 0.25) is 0 Å². The second-order valence-corrected chi connectivity index (χ2v) is 6.79. The van der Waals surface area contributed by atoms with Gasteiger partial charge < -0.3 is 9.47 Å². The molecular formula is C20H14Cl3NO3. The lowest BCUT2D eigenvalue weighted by Crippen LogP contribution is -1.96. The van der Waals surface area contributed by atoms with Crippen LogP contribution in [0.4, 0.5) is 0 Å². The van der Waals surface area contributed by atoms with E-state index in [0.717, 1.165) is 5.39 Å². The predicted octanol–water partition coefficient (Wildman–Crippen LogP) is 6.11. The number of fused-ring (bicyclic) bond motifs is 1. The first kappa shape index (κ1) is 19.5. The van der Waals surface area contributed by atoms with Gasteiger partial charge in [0, 0.05) is 27.6 Å². The van der Waals surface area contributed by atoms with Crippen LogP contribution in [0.3, 0.4) is 0 Å². The topological polar surface area (TPSA) is 48.4 Å². The molecule has 0 amide bonds. The molecule has 4 nitrogen and oxygen atoms in total. The molecule has 0 radical (unpaired) electrons. The van der Waals surface area contributed by atoms with E-state index in [9.17, 15) is 4.79 Å². The van der Waals surface area contributed by atoms with Crippen molar-refractivity contribution in [2.75, 3.05) is 14.2 Å². The van der Waals surface area contributed by atoms with Crippen molar-refractivity contribution in [3.63, 3.8) is 0 Å². The molecule has 3 rings (SSSR count). The van der Waals surface area contributed by atoms with Crippen LogP contribution in [0.25, 0.3) is 17.0 Å².